The Balaban J connectivity index is 0. The Morgan fingerprint density at radius 1 is 0.857 bits per heavy atom. The third kappa shape index (κ3) is 9.78. The van der Waals surface area contributed by atoms with Gasteiger partial charge in [-0.1, -0.05) is 19.3 Å². The van der Waals surface area contributed by atoms with Crippen LogP contribution in [0, 0.1) is 12.5 Å². The van der Waals surface area contributed by atoms with Crippen LogP contribution in [0.1, 0.15) is 32.1 Å². The van der Waals surface area contributed by atoms with Crippen molar-refractivity contribution in [2.24, 2.45) is 0 Å². The molecule has 1 nitrogen and oxygen atoms in total. The molecular weight excluding hydrogens is 224 g/mol. The van der Waals surface area contributed by atoms with Crippen LogP contribution < -0.4 is 0 Å². The van der Waals surface area contributed by atoms with Crippen molar-refractivity contribution in [2.45, 2.75) is 32.1 Å². The smallest absolute Gasteiger partial charge is 0.412 e. The zero-order valence-electron chi connectivity index (χ0n) is 8.30. The standard InChI is InChI=1S/C6H11.C6H5.Cu.H2O/c2*1-2-4-6-5-3-1;;/h1H,2-6H2;1-5H;;1H2/q2*-1;+2;. The van der Waals surface area contributed by atoms with E-state index in [-0.39, 0.29) is 22.5 Å². The van der Waals surface area contributed by atoms with Gasteiger partial charge in [-0.15, -0.1) is 0 Å². The van der Waals surface area contributed by atoms with Crippen LogP contribution in [0.4, 0.5) is 0 Å². The zero-order chi connectivity index (χ0) is 8.49. The molecule has 0 saturated heterocycles. The molecule has 0 amide bonds. The van der Waals surface area contributed by atoms with Crippen molar-refractivity contribution in [3.63, 3.8) is 0 Å². The Hall–Kier alpha value is -0.301. The van der Waals surface area contributed by atoms with Gasteiger partial charge < -0.3 is 11.9 Å². The van der Waals surface area contributed by atoms with E-state index in [2.05, 4.69) is 12.5 Å². The molecule has 1 aromatic rings. The van der Waals surface area contributed by atoms with E-state index in [9.17, 15) is 0 Å². The summed E-state index contributed by atoms with van der Waals surface area (Å²) in [5, 5.41) is 0. The van der Waals surface area contributed by atoms with Gasteiger partial charge in [0.05, 0.1) is 0 Å². The van der Waals surface area contributed by atoms with Gasteiger partial charge >= 0.3 is 17.1 Å². The molecule has 1 radical (unpaired) electrons. The summed E-state index contributed by atoms with van der Waals surface area (Å²) in [4.78, 5) is 0. The Labute approximate surface area is 97.7 Å². The van der Waals surface area contributed by atoms with Crippen LogP contribution in [0.15, 0.2) is 30.3 Å². The second-order valence-corrected chi connectivity index (χ2v) is 3.00. The number of rotatable bonds is 0. The van der Waals surface area contributed by atoms with Crippen molar-refractivity contribution in [1.29, 1.82) is 0 Å². The minimum absolute atomic E-state index is 0. The van der Waals surface area contributed by atoms with E-state index in [1.807, 2.05) is 30.3 Å². The molecule has 1 aliphatic carbocycles. The Morgan fingerprint density at radius 2 is 1.43 bits per heavy atom. The fourth-order valence-electron chi connectivity index (χ4n) is 1.24. The van der Waals surface area contributed by atoms with Crippen LogP contribution >= 0.6 is 0 Å². The van der Waals surface area contributed by atoms with Crippen LogP contribution in [0.25, 0.3) is 0 Å². The summed E-state index contributed by atoms with van der Waals surface area (Å²) in [5.41, 5.74) is 0. The van der Waals surface area contributed by atoms with E-state index in [0.29, 0.717) is 0 Å². The van der Waals surface area contributed by atoms with Crippen molar-refractivity contribution >= 4 is 0 Å². The monoisotopic (exact) mass is 241 g/mol. The number of hydrogen-bond donors (Lipinski definition) is 0. The van der Waals surface area contributed by atoms with Gasteiger partial charge in [0, 0.05) is 0 Å². The van der Waals surface area contributed by atoms with Gasteiger partial charge in [-0.25, -0.2) is 0 Å². The minimum Gasteiger partial charge on any atom is -0.412 e. The molecule has 0 aromatic heterocycles. The molecule has 1 saturated carbocycles. The third-order valence-corrected chi connectivity index (χ3v) is 1.92. The summed E-state index contributed by atoms with van der Waals surface area (Å²) in [6, 6.07) is 12.5. The first-order valence-corrected chi connectivity index (χ1v) is 4.73. The van der Waals surface area contributed by atoms with Crippen LogP contribution in [0.2, 0.25) is 0 Å². The fourth-order valence-corrected chi connectivity index (χ4v) is 1.24. The molecule has 2 heteroatoms. The zero-order valence-corrected chi connectivity index (χ0v) is 9.24. The SMILES string of the molecule is O.[CH-]1CCCCC1.[Cu+2].[c-]1ccccc1. The molecule has 83 valence electrons. The molecule has 0 unspecified atom stereocenters. The predicted molar refractivity (Wildman–Crippen MR) is 56.3 cm³/mol. The predicted octanol–water partition coefficient (Wildman–Crippen LogP) is 2.81. The summed E-state index contributed by atoms with van der Waals surface area (Å²) in [6.45, 7) is 0. The summed E-state index contributed by atoms with van der Waals surface area (Å²) in [5.74, 6) is 0. The average molecular weight is 242 g/mol. The van der Waals surface area contributed by atoms with E-state index in [1.165, 1.54) is 32.1 Å². The molecular formula is C12H18CuO. The van der Waals surface area contributed by atoms with Crippen molar-refractivity contribution in [3.05, 3.63) is 42.8 Å². The van der Waals surface area contributed by atoms with Gasteiger partial charge in [-0.3, -0.25) is 0 Å². The average Bonchev–Trinajstić information content (AvgIpc) is 2.24. The molecule has 0 bridgehead atoms. The number of hydrogen-bond acceptors (Lipinski definition) is 0. The number of benzene rings is 1. The molecule has 1 fully saturated rings. The van der Waals surface area contributed by atoms with Crippen LogP contribution in [0.5, 0.6) is 0 Å². The quantitative estimate of drug-likeness (QED) is 0.494. The first-order chi connectivity index (χ1) is 6.00. The fraction of sp³-hybridized carbons (Fsp3) is 0.417. The molecule has 0 aliphatic heterocycles. The molecule has 0 heterocycles. The first-order valence-electron chi connectivity index (χ1n) is 4.73. The second-order valence-electron chi connectivity index (χ2n) is 3.00. The summed E-state index contributed by atoms with van der Waals surface area (Å²) < 4.78 is 0. The normalized spacial score (nSPS) is 13.7. The van der Waals surface area contributed by atoms with Crippen molar-refractivity contribution < 1.29 is 22.5 Å². The van der Waals surface area contributed by atoms with E-state index in [0.717, 1.165) is 0 Å². The van der Waals surface area contributed by atoms with Crippen LogP contribution in [0.3, 0.4) is 0 Å². The largest absolute Gasteiger partial charge is 2.00 e. The first kappa shape index (κ1) is 16.1. The summed E-state index contributed by atoms with van der Waals surface area (Å²) in [6.07, 6.45) is 9.50. The Morgan fingerprint density at radius 3 is 1.57 bits per heavy atom. The van der Waals surface area contributed by atoms with E-state index >= 15 is 0 Å². The third-order valence-electron chi connectivity index (χ3n) is 1.92. The molecule has 1 aromatic carbocycles. The van der Waals surface area contributed by atoms with Gasteiger partial charge in [0.1, 0.15) is 0 Å². The van der Waals surface area contributed by atoms with E-state index < -0.39 is 0 Å². The van der Waals surface area contributed by atoms with Gasteiger partial charge in [0.15, 0.2) is 0 Å². The maximum absolute atomic E-state index is 2.89. The molecule has 14 heavy (non-hydrogen) atoms. The van der Waals surface area contributed by atoms with Gasteiger partial charge in [-0.05, 0) is 0 Å². The Kier molecular flexibility index (Phi) is 14.6. The van der Waals surface area contributed by atoms with E-state index in [1.54, 1.807) is 0 Å². The van der Waals surface area contributed by atoms with Gasteiger partial charge in [0.2, 0.25) is 0 Å². The van der Waals surface area contributed by atoms with E-state index in [4.69, 9.17) is 0 Å². The maximum atomic E-state index is 2.89. The topological polar surface area (TPSA) is 31.5 Å². The molecule has 0 atom stereocenters. The summed E-state index contributed by atoms with van der Waals surface area (Å²) >= 11 is 0. The van der Waals surface area contributed by atoms with Crippen LogP contribution in [-0.4, -0.2) is 5.48 Å². The molecule has 1 aliphatic rings. The molecule has 0 spiro atoms. The Bertz CT molecular complexity index is 135. The van der Waals surface area contributed by atoms with Crippen molar-refractivity contribution in [1.82, 2.24) is 0 Å². The van der Waals surface area contributed by atoms with Gasteiger partial charge in [0.25, 0.3) is 0 Å². The summed E-state index contributed by atoms with van der Waals surface area (Å²) in [7, 11) is 0. The van der Waals surface area contributed by atoms with Gasteiger partial charge in [-0.2, -0.15) is 49.2 Å². The molecule has 2 N–H and O–H groups in total. The van der Waals surface area contributed by atoms with Crippen molar-refractivity contribution in [2.75, 3.05) is 0 Å². The molecule has 2 rings (SSSR count). The van der Waals surface area contributed by atoms with Crippen molar-refractivity contribution in [3.8, 4) is 0 Å². The van der Waals surface area contributed by atoms with Crippen LogP contribution in [-0.2, 0) is 17.1 Å². The second kappa shape index (κ2) is 12.7. The maximum Gasteiger partial charge on any atom is 2.00 e. The minimum atomic E-state index is 0.